The van der Waals surface area contributed by atoms with Gasteiger partial charge in [0.05, 0.1) is 6.61 Å². The summed E-state index contributed by atoms with van der Waals surface area (Å²) in [6, 6.07) is 5.52. The van der Waals surface area contributed by atoms with E-state index in [9.17, 15) is 4.79 Å². The summed E-state index contributed by atoms with van der Waals surface area (Å²) in [6.07, 6.45) is 0. The van der Waals surface area contributed by atoms with Crippen LogP contribution in [0.4, 0.5) is 0 Å². The molecule has 0 aliphatic rings. The van der Waals surface area contributed by atoms with Crippen molar-refractivity contribution in [2.75, 3.05) is 34.4 Å². The monoisotopic (exact) mass is 237 g/mol. The molecule has 1 amide bonds. The Morgan fingerprint density at radius 1 is 1.29 bits per heavy atom. The van der Waals surface area contributed by atoms with Gasteiger partial charge in [-0.05, 0) is 24.6 Å². The minimum absolute atomic E-state index is 0.0142. The molecule has 0 atom stereocenters. The van der Waals surface area contributed by atoms with Crippen LogP contribution in [0.25, 0.3) is 0 Å². The fourth-order valence-corrected chi connectivity index (χ4v) is 1.41. The quantitative estimate of drug-likeness (QED) is 0.732. The lowest BCUT2D eigenvalue weighted by atomic mass is 10.1. The zero-order valence-electron chi connectivity index (χ0n) is 10.8. The lowest BCUT2D eigenvalue weighted by Crippen LogP contribution is -2.22. The first kappa shape index (κ1) is 13.5. The molecule has 1 aromatic carbocycles. The van der Waals surface area contributed by atoms with Crippen molar-refractivity contribution in [3.8, 4) is 5.75 Å². The molecule has 0 saturated carbocycles. The Labute approximate surface area is 102 Å². The van der Waals surface area contributed by atoms with Gasteiger partial charge in [0.15, 0.2) is 0 Å². The predicted octanol–water partition coefficient (Wildman–Crippen LogP) is 1.72. The van der Waals surface area contributed by atoms with E-state index in [1.165, 1.54) is 0 Å². The summed E-state index contributed by atoms with van der Waals surface area (Å²) in [5.74, 6) is 0.678. The number of hydrogen-bond acceptors (Lipinski definition) is 3. The average molecular weight is 237 g/mol. The van der Waals surface area contributed by atoms with E-state index in [2.05, 4.69) is 0 Å². The number of aryl methyl sites for hydroxylation is 1. The lowest BCUT2D eigenvalue weighted by molar-refractivity contribution is 0.0826. The van der Waals surface area contributed by atoms with Crippen molar-refractivity contribution in [1.82, 2.24) is 4.90 Å². The molecule has 4 nitrogen and oxygen atoms in total. The summed E-state index contributed by atoms with van der Waals surface area (Å²) in [5.41, 5.74) is 1.62. The first-order valence-electron chi connectivity index (χ1n) is 5.50. The molecule has 94 valence electrons. The summed E-state index contributed by atoms with van der Waals surface area (Å²) in [7, 11) is 5.10. The first-order chi connectivity index (χ1) is 8.06. The molecule has 0 unspecified atom stereocenters. The summed E-state index contributed by atoms with van der Waals surface area (Å²) in [4.78, 5) is 13.4. The van der Waals surface area contributed by atoms with Gasteiger partial charge >= 0.3 is 0 Å². The minimum atomic E-state index is -0.0142. The van der Waals surface area contributed by atoms with Crippen LogP contribution in [0.5, 0.6) is 5.75 Å². The molecule has 4 heteroatoms. The Morgan fingerprint density at radius 3 is 2.59 bits per heavy atom. The molecule has 1 rings (SSSR count). The van der Waals surface area contributed by atoms with Crippen LogP contribution in [0, 0.1) is 6.92 Å². The molecule has 1 aromatic rings. The number of hydrogen-bond donors (Lipinski definition) is 0. The number of amides is 1. The number of benzene rings is 1. The third-order valence-electron chi connectivity index (χ3n) is 2.40. The van der Waals surface area contributed by atoms with Gasteiger partial charge in [-0.2, -0.15) is 0 Å². The summed E-state index contributed by atoms with van der Waals surface area (Å²) < 4.78 is 10.4. The van der Waals surface area contributed by atoms with Crippen LogP contribution in [0.2, 0.25) is 0 Å². The van der Waals surface area contributed by atoms with E-state index in [1.54, 1.807) is 32.2 Å². The minimum Gasteiger partial charge on any atom is -0.491 e. The molecule has 0 aliphatic carbocycles. The Bertz CT molecular complexity index is 388. The van der Waals surface area contributed by atoms with E-state index in [0.717, 1.165) is 5.56 Å². The second-order valence-electron chi connectivity index (χ2n) is 4.02. The highest BCUT2D eigenvalue weighted by Gasteiger charge is 2.12. The van der Waals surface area contributed by atoms with Crippen molar-refractivity contribution < 1.29 is 14.3 Å². The average Bonchev–Trinajstić information content (AvgIpc) is 2.30. The van der Waals surface area contributed by atoms with Crippen molar-refractivity contribution in [3.63, 3.8) is 0 Å². The van der Waals surface area contributed by atoms with Gasteiger partial charge in [-0.25, -0.2) is 0 Å². The summed E-state index contributed by atoms with van der Waals surface area (Å²) in [6.45, 7) is 2.93. The van der Waals surface area contributed by atoms with Crippen LogP contribution in [0.15, 0.2) is 18.2 Å². The third-order valence-corrected chi connectivity index (χ3v) is 2.40. The van der Waals surface area contributed by atoms with Gasteiger partial charge < -0.3 is 14.4 Å². The van der Waals surface area contributed by atoms with Crippen molar-refractivity contribution >= 4 is 5.91 Å². The molecule has 17 heavy (non-hydrogen) atoms. The number of methoxy groups -OCH3 is 1. The molecule has 0 heterocycles. The van der Waals surface area contributed by atoms with Crippen LogP contribution < -0.4 is 4.74 Å². The van der Waals surface area contributed by atoms with Crippen molar-refractivity contribution in [3.05, 3.63) is 29.3 Å². The van der Waals surface area contributed by atoms with Gasteiger partial charge in [0.25, 0.3) is 5.91 Å². The number of rotatable bonds is 5. The zero-order valence-corrected chi connectivity index (χ0v) is 10.8. The van der Waals surface area contributed by atoms with Crippen molar-refractivity contribution in [2.45, 2.75) is 6.92 Å². The van der Waals surface area contributed by atoms with E-state index in [4.69, 9.17) is 9.47 Å². The molecular formula is C13H19NO3. The number of carbonyl (C=O) groups is 1. The van der Waals surface area contributed by atoms with Crippen LogP contribution >= 0.6 is 0 Å². The topological polar surface area (TPSA) is 38.8 Å². The molecule has 0 radical (unpaired) electrons. The molecule has 0 saturated heterocycles. The maximum absolute atomic E-state index is 11.9. The standard InChI is InChI=1S/C13H19NO3/c1-10-5-6-11(17-8-7-16-4)9-12(10)13(15)14(2)3/h5-6,9H,7-8H2,1-4H3. The zero-order chi connectivity index (χ0) is 12.8. The van der Waals surface area contributed by atoms with Crippen molar-refractivity contribution in [1.29, 1.82) is 0 Å². The van der Waals surface area contributed by atoms with Gasteiger partial charge in [-0.3, -0.25) is 4.79 Å². The molecule has 0 aromatic heterocycles. The molecule has 0 bridgehead atoms. The fraction of sp³-hybridized carbons (Fsp3) is 0.462. The SMILES string of the molecule is COCCOc1ccc(C)c(C(=O)N(C)C)c1. The molecular weight excluding hydrogens is 218 g/mol. The third kappa shape index (κ3) is 3.75. The van der Waals surface area contributed by atoms with Crippen LogP contribution in [0.3, 0.4) is 0 Å². The van der Waals surface area contributed by atoms with Crippen LogP contribution in [0.1, 0.15) is 15.9 Å². The number of carbonyl (C=O) groups excluding carboxylic acids is 1. The summed E-state index contributed by atoms with van der Waals surface area (Å²) in [5, 5.41) is 0. The molecule has 0 aliphatic heterocycles. The van der Waals surface area contributed by atoms with E-state index in [-0.39, 0.29) is 5.91 Å². The molecule has 0 fully saturated rings. The lowest BCUT2D eigenvalue weighted by Gasteiger charge is -2.14. The molecule has 0 N–H and O–H groups in total. The highest BCUT2D eigenvalue weighted by Crippen LogP contribution is 2.18. The number of nitrogens with zero attached hydrogens (tertiary/aromatic N) is 1. The smallest absolute Gasteiger partial charge is 0.253 e. The van der Waals surface area contributed by atoms with E-state index in [1.807, 2.05) is 19.1 Å². The Balaban J connectivity index is 2.83. The largest absolute Gasteiger partial charge is 0.491 e. The highest BCUT2D eigenvalue weighted by molar-refractivity contribution is 5.95. The van der Waals surface area contributed by atoms with Gasteiger partial charge in [-0.1, -0.05) is 6.07 Å². The van der Waals surface area contributed by atoms with Gasteiger partial charge in [-0.15, -0.1) is 0 Å². The van der Waals surface area contributed by atoms with Gasteiger partial charge in [0.1, 0.15) is 12.4 Å². The first-order valence-corrected chi connectivity index (χ1v) is 5.50. The second kappa shape index (κ2) is 6.25. The highest BCUT2D eigenvalue weighted by atomic mass is 16.5. The van der Waals surface area contributed by atoms with Crippen LogP contribution in [-0.4, -0.2) is 45.2 Å². The molecule has 0 spiro atoms. The van der Waals surface area contributed by atoms with E-state index in [0.29, 0.717) is 24.5 Å². The maximum atomic E-state index is 11.9. The number of ether oxygens (including phenoxy) is 2. The maximum Gasteiger partial charge on any atom is 0.253 e. The van der Waals surface area contributed by atoms with Gasteiger partial charge in [0, 0.05) is 26.8 Å². The Hall–Kier alpha value is -1.55. The Kier molecular flexibility index (Phi) is 4.97. The van der Waals surface area contributed by atoms with E-state index >= 15 is 0 Å². The fourth-order valence-electron chi connectivity index (χ4n) is 1.41. The summed E-state index contributed by atoms with van der Waals surface area (Å²) >= 11 is 0. The van der Waals surface area contributed by atoms with Crippen molar-refractivity contribution in [2.24, 2.45) is 0 Å². The predicted molar refractivity (Wildman–Crippen MR) is 66.6 cm³/mol. The second-order valence-corrected chi connectivity index (χ2v) is 4.02. The Morgan fingerprint density at radius 2 is 2.00 bits per heavy atom. The van der Waals surface area contributed by atoms with Gasteiger partial charge in [0.2, 0.25) is 0 Å². The van der Waals surface area contributed by atoms with Crippen LogP contribution in [-0.2, 0) is 4.74 Å². The van der Waals surface area contributed by atoms with E-state index < -0.39 is 0 Å². The normalized spacial score (nSPS) is 10.1.